The lowest BCUT2D eigenvalue weighted by Gasteiger charge is -2.33. The Labute approximate surface area is 270 Å². The number of aliphatic carboxylic acids is 3. The SMILES string of the molecule is CCC(C)C(N)C(=O)NC(CCC(=O)O)C(=O)N1CCCC1C(=O)N(C(=O)OCc1ccccc1)C(CC(=O)O)C(=O)O.O=CCF. The molecule has 0 saturated carbocycles. The second-order valence-electron chi connectivity index (χ2n) is 10.6. The van der Waals surface area contributed by atoms with Gasteiger partial charge in [-0.1, -0.05) is 50.6 Å². The summed E-state index contributed by atoms with van der Waals surface area (Å²) in [6.07, 6.45) is -2.38. The monoisotopic (exact) mass is 668 g/mol. The van der Waals surface area contributed by atoms with Gasteiger partial charge in [-0.3, -0.25) is 24.0 Å². The van der Waals surface area contributed by atoms with E-state index in [4.69, 9.17) is 15.3 Å². The molecule has 0 aliphatic carbocycles. The van der Waals surface area contributed by atoms with Gasteiger partial charge in [-0.2, -0.15) is 0 Å². The van der Waals surface area contributed by atoms with Crippen molar-refractivity contribution in [1.82, 2.24) is 15.1 Å². The second-order valence-corrected chi connectivity index (χ2v) is 10.6. The fraction of sp³-hybridized carbons (Fsp3) is 0.533. The predicted octanol–water partition coefficient (Wildman–Crippen LogP) is 0.949. The summed E-state index contributed by atoms with van der Waals surface area (Å²) in [5.74, 6) is -7.59. The molecule has 47 heavy (non-hydrogen) atoms. The van der Waals surface area contributed by atoms with Crippen LogP contribution in [0.15, 0.2) is 30.3 Å². The van der Waals surface area contributed by atoms with Gasteiger partial charge in [0.1, 0.15) is 25.4 Å². The highest BCUT2D eigenvalue weighted by Gasteiger charge is 2.46. The first-order valence-corrected chi connectivity index (χ1v) is 14.8. The Morgan fingerprint density at radius 2 is 1.72 bits per heavy atom. The largest absolute Gasteiger partial charge is 0.481 e. The molecule has 0 spiro atoms. The van der Waals surface area contributed by atoms with Gasteiger partial charge >= 0.3 is 24.0 Å². The highest BCUT2D eigenvalue weighted by atomic mass is 19.1. The molecule has 0 radical (unpaired) electrons. The number of carbonyl (C=O) groups is 8. The van der Waals surface area contributed by atoms with Crippen molar-refractivity contribution < 1.29 is 62.8 Å². The van der Waals surface area contributed by atoms with E-state index in [0.29, 0.717) is 12.0 Å². The van der Waals surface area contributed by atoms with Crippen LogP contribution in [0.2, 0.25) is 0 Å². The quantitative estimate of drug-likeness (QED) is 0.154. The molecule has 2 rings (SSSR count). The van der Waals surface area contributed by atoms with Crippen LogP contribution in [0.25, 0.3) is 0 Å². The lowest BCUT2D eigenvalue weighted by atomic mass is 9.98. The normalized spacial score (nSPS) is 16.3. The summed E-state index contributed by atoms with van der Waals surface area (Å²) in [7, 11) is 0. The Balaban J connectivity index is 0.00000260. The van der Waals surface area contributed by atoms with Crippen molar-refractivity contribution in [2.75, 3.05) is 13.2 Å². The van der Waals surface area contributed by atoms with Crippen LogP contribution >= 0.6 is 0 Å². The number of likely N-dealkylation sites (tertiary alicyclic amines) is 1. The highest BCUT2D eigenvalue weighted by Crippen LogP contribution is 2.24. The number of halogens is 1. The summed E-state index contributed by atoms with van der Waals surface area (Å²) in [5.41, 5.74) is 6.49. The van der Waals surface area contributed by atoms with Crippen molar-refractivity contribution in [3.05, 3.63) is 35.9 Å². The molecule has 1 aliphatic rings. The van der Waals surface area contributed by atoms with Crippen molar-refractivity contribution in [2.24, 2.45) is 11.7 Å². The zero-order chi connectivity index (χ0) is 35.7. The first kappa shape index (κ1) is 40.1. The summed E-state index contributed by atoms with van der Waals surface area (Å²) in [6, 6.07) is 2.31. The van der Waals surface area contributed by atoms with Gasteiger partial charge in [0.15, 0.2) is 12.3 Å². The van der Waals surface area contributed by atoms with Crippen molar-refractivity contribution in [1.29, 1.82) is 0 Å². The summed E-state index contributed by atoms with van der Waals surface area (Å²) >= 11 is 0. The van der Waals surface area contributed by atoms with Crippen LogP contribution < -0.4 is 11.1 Å². The van der Waals surface area contributed by atoms with E-state index in [0.717, 1.165) is 4.90 Å². The zero-order valence-corrected chi connectivity index (χ0v) is 26.1. The third-order valence-corrected chi connectivity index (χ3v) is 7.31. The molecular formula is C30H41FN4O12. The molecule has 260 valence electrons. The van der Waals surface area contributed by atoms with Crippen LogP contribution in [0.3, 0.4) is 0 Å². The highest BCUT2D eigenvalue weighted by molar-refractivity contribution is 6.02. The average Bonchev–Trinajstić information content (AvgIpc) is 3.54. The van der Waals surface area contributed by atoms with Crippen molar-refractivity contribution in [2.45, 2.75) is 83.1 Å². The first-order valence-electron chi connectivity index (χ1n) is 14.8. The van der Waals surface area contributed by atoms with Crippen LogP contribution in [0.1, 0.15) is 57.9 Å². The minimum absolute atomic E-state index is 0.0154. The topological polar surface area (TPSA) is 251 Å². The number of alkyl halides is 1. The van der Waals surface area contributed by atoms with E-state index in [1.54, 1.807) is 37.3 Å². The number of benzene rings is 1. The standard InChI is InChI=1S/C28H38N4O11.C2H3FO/c1-3-16(2)23(29)24(37)30-18(11-12-21(33)34)25(38)31-13-7-10-19(31)26(39)32(20(27(40)41)14-22(35)36)28(42)43-15-17-8-5-4-6-9-17;3-1-2-4/h4-6,8-9,16,18-20,23H,3,7,10-15,29H2,1-2H3,(H,30,37)(H,33,34)(H,35,36)(H,40,41);2H,1H2. The Bertz CT molecular complexity index is 1260. The van der Waals surface area contributed by atoms with Crippen molar-refractivity contribution in [3.63, 3.8) is 0 Å². The molecule has 0 bridgehead atoms. The lowest BCUT2D eigenvalue weighted by molar-refractivity contribution is -0.156. The molecule has 1 fully saturated rings. The summed E-state index contributed by atoms with van der Waals surface area (Å²) < 4.78 is 15.5. The minimum Gasteiger partial charge on any atom is -0.481 e. The van der Waals surface area contributed by atoms with E-state index >= 15 is 0 Å². The number of nitrogens with zero attached hydrogens (tertiary/aromatic N) is 2. The number of nitrogens with two attached hydrogens (primary N) is 1. The maximum atomic E-state index is 13.8. The van der Waals surface area contributed by atoms with Crippen LogP contribution in [-0.2, 0) is 44.9 Å². The third-order valence-electron chi connectivity index (χ3n) is 7.31. The summed E-state index contributed by atoms with van der Waals surface area (Å²) in [6.45, 7) is 2.30. The Morgan fingerprint density at radius 1 is 1.11 bits per heavy atom. The van der Waals surface area contributed by atoms with Gasteiger partial charge in [0.05, 0.1) is 12.5 Å². The maximum Gasteiger partial charge on any atom is 0.417 e. The number of amides is 4. The maximum absolute atomic E-state index is 13.8. The molecule has 5 atom stereocenters. The van der Waals surface area contributed by atoms with Gasteiger partial charge in [0.2, 0.25) is 11.8 Å². The molecule has 1 aliphatic heterocycles. The van der Waals surface area contributed by atoms with Gasteiger partial charge in [-0.15, -0.1) is 0 Å². The molecule has 6 N–H and O–H groups in total. The molecule has 0 aromatic heterocycles. The Morgan fingerprint density at radius 3 is 2.23 bits per heavy atom. The first-order chi connectivity index (χ1) is 22.2. The number of carbonyl (C=O) groups excluding carboxylic acids is 5. The van der Waals surface area contributed by atoms with Gasteiger partial charge in [0.25, 0.3) is 5.91 Å². The zero-order valence-electron chi connectivity index (χ0n) is 26.1. The van der Waals surface area contributed by atoms with Gasteiger partial charge in [0, 0.05) is 13.0 Å². The lowest BCUT2D eigenvalue weighted by Crippen LogP contribution is -2.59. The van der Waals surface area contributed by atoms with Crippen molar-refractivity contribution >= 4 is 48.0 Å². The second kappa shape index (κ2) is 20.2. The fourth-order valence-corrected chi connectivity index (χ4v) is 4.57. The van der Waals surface area contributed by atoms with E-state index in [1.165, 1.54) is 0 Å². The molecule has 4 amide bonds. The van der Waals surface area contributed by atoms with Crippen LogP contribution in [0.4, 0.5) is 9.18 Å². The molecule has 17 heteroatoms. The average molecular weight is 669 g/mol. The Kier molecular flexibility index (Phi) is 17.3. The molecule has 1 aromatic rings. The number of aldehydes is 1. The number of hydrogen-bond acceptors (Lipinski definition) is 10. The van der Waals surface area contributed by atoms with Crippen LogP contribution in [-0.4, -0.2) is 111 Å². The minimum atomic E-state index is -2.15. The van der Waals surface area contributed by atoms with E-state index in [2.05, 4.69) is 5.32 Å². The number of ether oxygens (including phenoxy) is 1. The fourth-order valence-electron chi connectivity index (χ4n) is 4.57. The molecule has 1 aromatic carbocycles. The molecule has 5 unspecified atom stereocenters. The number of carboxylic acid groups (broad SMARTS) is 3. The van der Waals surface area contributed by atoms with Gasteiger partial charge < -0.3 is 40.8 Å². The van der Waals surface area contributed by atoms with Crippen LogP contribution in [0, 0.1) is 5.92 Å². The Hall–Kier alpha value is -4.93. The number of carboxylic acids is 3. The summed E-state index contributed by atoms with van der Waals surface area (Å²) in [5, 5.41) is 30.7. The van der Waals surface area contributed by atoms with E-state index in [-0.39, 0.29) is 49.5 Å². The molecule has 1 heterocycles. The number of rotatable bonds is 16. The molecule has 16 nitrogen and oxygen atoms in total. The van der Waals surface area contributed by atoms with E-state index < -0.39 is 85.4 Å². The predicted molar refractivity (Wildman–Crippen MR) is 160 cm³/mol. The van der Waals surface area contributed by atoms with E-state index in [1.807, 2.05) is 6.92 Å². The third kappa shape index (κ3) is 12.8. The number of hydrogen-bond donors (Lipinski definition) is 5. The molecule has 1 saturated heterocycles. The van der Waals surface area contributed by atoms with E-state index in [9.17, 15) is 53.3 Å². The van der Waals surface area contributed by atoms with Crippen LogP contribution in [0.5, 0.6) is 0 Å². The summed E-state index contributed by atoms with van der Waals surface area (Å²) in [4.78, 5) is 98.1. The molecular weight excluding hydrogens is 627 g/mol. The number of nitrogens with one attached hydrogen (secondary N) is 1. The smallest absolute Gasteiger partial charge is 0.417 e. The van der Waals surface area contributed by atoms with Gasteiger partial charge in [-0.25, -0.2) is 18.9 Å². The van der Waals surface area contributed by atoms with Crippen molar-refractivity contribution in [3.8, 4) is 0 Å². The van der Waals surface area contributed by atoms with Gasteiger partial charge in [-0.05, 0) is 30.7 Å². The number of imide groups is 1.